The Morgan fingerprint density at radius 1 is 1.07 bits per heavy atom. The third-order valence-electron chi connectivity index (χ3n) is 4.83. The number of Topliss-reactive ketones (excluding diaryl/α,β-unsaturated/α-hetero) is 1. The number of rotatable bonds is 6. The largest absolute Gasteiger partial charge is 0.454 e. The lowest BCUT2D eigenvalue weighted by Crippen LogP contribution is -2.21. The summed E-state index contributed by atoms with van der Waals surface area (Å²) in [5.74, 6) is -1.12. The molecule has 28 heavy (non-hydrogen) atoms. The molecule has 0 radical (unpaired) electrons. The molecule has 144 valence electrons. The first-order valence-electron chi connectivity index (χ1n) is 9.01. The van der Waals surface area contributed by atoms with Gasteiger partial charge in [0.1, 0.15) is 5.56 Å². The number of carbonyl (C=O) groups is 2. The number of carbonyl (C=O) groups excluding carboxylic acids is 2. The van der Waals surface area contributed by atoms with E-state index in [1.54, 1.807) is 6.07 Å². The number of nitrogens with zero attached hydrogens (tertiary/aromatic N) is 1. The van der Waals surface area contributed by atoms with Crippen LogP contribution in [0.4, 0.5) is 0 Å². The predicted molar refractivity (Wildman–Crippen MR) is 106 cm³/mol. The van der Waals surface area contributed by atoms with Gasteiger partial charge in [0.15, 0.2) is 6.61 Å². The van der Waals surface area contributed by atoms with Crippen LogP contribution in [-0.2, 0) is 4.74 Å². The highest BCUT2D eigenvalue weighted by atomic mass is 16.5. The fraction of sp³-hybridized carbons (Fsp3) is 0.227. The monoisotopic (exact) mass is 378 g/mol. The van der Waals surface area contributed by atoms with Crippen LogP contribution < -0.4 is 5.56 Å². The molecule has 0 aliphatic rings. The van der Waals surface area contributed by atoms with Gasteiger partial charge in [-0.3, -0.25) is 9.59 Å². The van der Waals surface area contributed by atoms with Crippen LogP contribution in [0.5, 0.6) is 0 Å². The third kappa shape index (κ3) is 3.81. The second-order valence-electron chi connectivity index (χ2n) is 6.65. The quantitative estimate of drug-likeness (QED) is 0.526. The zero-order valence-electron chi connectivity index (χ0n) is 16.1. The predicted octanol–water partition coefficient (Wildman–Crippen LogP) is 3.44. The minimum absolute atomic E-state index is 0.0631. The van der Waals surface area contributed by atoms with E-state index in [9.17, 15) is 14.4 Å². The van der Waals surface area contributed by atoms with Crippen molar-refractivity contribution in [2.24, 2.45) is 0 Å². The molecule has 0 aliphatic heterocycles. The number of nitrogens with one attached hydrogen (secondary N) is 1. The number of aromatic amines is 1. The Kier molecular flexibility index (Phi) is 5.59. The number of ketones is 1. The molecule has 3 aromatic rings. The van der Waals surface area contributed by atoms with Crippen molar-refractivity contribution in [1.82, 2.24) is 9.55 Å². The molecule has 1 atom stereocenters. The number of H-pyrrole nitrogens is 1. The summed E-state index contributed by atoms with van der Waals surface area (Å²) in [6, 6.07) is 14.8. The summed E-state index contributed by atoms with van der Waals surface area (Å²) in [6.07, 6.45) is 1.42. The maximum Gasteiger partial charge on any atom is 0.344 e. The van der Waals surface area contributed by atoms with Crippen LogP contribution in [0.2, 0.25) is 0 Å². The molecule has 0 amide bonds. The van der Waals surface area contributed by atoms with Gasteiger partial charge in [0.05, 0.1) is 6.04 Å². The van der Waals surface area contributed by atoms with Crippen molar-refractivity contribution in [1.29, 1.82) is 0 Å². The second kappa shape index (κ2) is 8.08. The molecule has 3 rings (SSSR count). The van der Waals surface area contributed by atoms with Gasteiger partial charge in [-0.2, -0.15) is 0 Å². The summed E-state index contributed by atoms with van der Waals surface area (Å²) in [7, 11) is 0. The van der Waals surface area contributed by atoms with Crippen LogP contribution in [0.15, 0.2) is 59.5 Å². The van der Waals surface area contributed by atoms with E-state index >= 15 is 0 Å². The van der Waals surface area contributed by atoms with Gasteiger partial charge in [0.2, 0.25) is 5.78 Å². The van der Waals surface area contributed by atoms with Gasteiger partial charge >= 0.3 is 5.97 Å². The molecule has 0 spiro atoms. The molecule has 6 nitrogen and oxygen atoms in total. The van der Waals surface area contributed by atoms with E-state index in [0.717, 1.165) is 17.0 Å². The molecule has 2 aromatic heterocycles. The zero-order valence-corrected chi connectivity index (χ0v) is 16.1. The van der Waals surface area contributed by atoms with Crippen LogP contribution in [0.25, 0.3) is 0 Å². The number of benzene rings is 1. The lowest BCUT2D eigenvalue weighted by molar-refractivity contribution is 0.0472. The minimum atomic E-state index is -0.818. The van der Waals surface area contributed by atoms with Crippen molar-refractivity contribution in [3.8, 4) is 0 Å². The first kappa shape index (κ1) is 19.4. The highest BCUT2D eigenvalue weighted by molar-refractivity contribution is 6.00. The molecule has 0 saturated carbocycles. The zero-order chi connectivity index (χ0) is 20.3. The van der Waals surface area contributed by atoms with Gasteiger partial charge in [-0.15, -0.1) is 0 Å². The van der Waals surface area contributed by atoms with Gasteiger partial charge in [0.25, 0.3) is 5.56 Å². The molecule has 0 unspecified atom stereocenters. The maximum atomic E-state index is 12.6. The number of aryl methyl sites for hydroxylation is 1. The Balaban J connectivity index is 1.77. The van der Waals surface area contributed by atoms with Crippen LogP contribution in [-0.4, -0.2) is 27.9 Å². The number of aromatic nitrogens is 2. The number of hydrogen-bond donors (Lipinski definition) is 1. The van der Waals surface area contributed by atoms with E-state index in [4.69, 9.17) is 4.74 Å². The van der Waals surface area contributed by atoms with E-state index in [1.807, 2.05) is 44.2 Å². The smallest absolute Gasteiger partial charge is 0.344 e. The fourth-order valence-corrected chi connectivity index (χ4v) is 3.40. The Labute approximate surface area is 162 Å². The third-order valence-corrected chi connectivity index (χ3v) is 4.83. The summed E-state index contributed by atoms with van der Waals surface area (Å²) < 4.78 is 7.15. The van der Waals surface area contributed by atoms with Gasteiger partial charge in [-0.1, -0.05) is 30.3 Å². The highest BCUT2D eigenvalue weighted by Gasteiger charge is 2.21. The van der Waals surface area contributed by atoms with E-state index in [0.29, 0.717) is 5.56 Å². The van der Waals surface area contributed by atoms with Crippen LogP contribution in [0.1, 0.15) is 50.6 Å². The van der Waals surface area contributed by atoms with Crippen molar-refractivity contribution in [2.45, 2.75) is 26.8 Å². The van der Waals surface area contributed by atoms with Crippen LogP contribution in [0.3, 0.4) is 0 Å². The van der Waals surface area contributed by atoms with Crippen molar-refractivity contribution >= 4 is 11.8 Å². The van der Waals surface area contributed by atoms with Crippen LogP contribution >= 0.6 is 0 Å². The van der Waals surface area contributed by atoms with Crippen molar-refractivity contribution in [3.05, 3.63) is 93.2 Å². The van der Waals surface area contributed by atoms with Crippen molar-refractivity contribution in [2.75, 3.05) is 6.61 Å². The molecule has 1 N–H and O–H groups in total. The molecule has 6 heteroatoms. The summed E-state index contributed by atoms with van der Waals surface area (Å²) in [5, 5.41) is 0. The number of hydrogen-bond acceptors (Lipinski definition) is 4. The number of esters is 1. The summed E-state index contributed by atoms with van der Waals surface area (Å²) in [4.78, 5) is 38.7. The van der Waals surface area contributed by atoms with E-state index < -0.39 is 18.1 Å². The van der Waals surface area contributed by atoms with Gasteiger partial charge in [0, 0.05) is 23.1 Å². The lowest BCUT2D eigenvalue weighted by atomic mass is 10.1. The molecular weight excluding hydrogens is 356 g/mol. The van der Waals surface area contributed by atoms with Gasteiger partial charge < -0.3 is 14.3 Å². The molecule has 2 heterocycles. The van der Waals surface area contributed by atoms with Crippen molar-refractivity contribution in [3.63, 3.8) is 0 Å². The topological polar surface area (TPSA) is 81.2 Å². The minimum Gasteiger partial charge on any atom is -0.454 e. The fourth-order valence-electron chi connectivity index (χ4n) is 3.40. The first-order valence-corrected chi connectivity index (χ1v) is 9.01. The van der Waals surface area contributed by atoms with E-state index in [1.165, 1.54) is 18.3 Å². The average molecular weight is 378 g/mol. The highest BCUT2D eigenvalue weighted by Crippen LogP contribution is 2.25. The SMILES string of the molecule is Cc1cc(C(=O)COC(=O)c2ccc[nH]c2=O)c(C)n1[C@@H](C)c1ccccc1. The maximum absolute atomic E-state index is 12.6. The molecule has 0 aliphatic carbocycles. The van der Waals surface area contributed by atoms with E-state index in [2.05, 4.69) is 16.5 Å². The molecule has 0 bridgehead atoms. The summed E-state index contributed by atoms with van der Waals surface area (Å²) in [5.41, 5.74) is 2.73. The van der Waals surface area contributed by atoms with Crippen LogP contribution in [0, 0.1) is 13.8 Å². The average Bonchev–Trinajstić information content (AvgIpc) is 3.00. The normalized spacial score (nSPS) is 11.8. The summed E-state index contributed by atoms with van der Waals surface area (Å²) in [6.45, 7) is 5.48. The Bertz CT molecular complexity index is 1060. The van der Waals surface area contributed by atoms with Gasteiger partial charge in [-0.05, 0) is 44.5 Å². The standard InChI is InChI=1S/C22H22N2O4/c1-14-12-19(16(3)24(14)15(2)17-8-5-4-6-9-17)20(25)13-28-22(27)18-10-7-11-23-21(18)26/h4-12,15H,13H2,1-3H3,(H,23,26)/t15-/m0/s1. The Hall–Kier alpha value is -3.41. The first-order chi connectivity index (χ1) is 13.4. The number of pyridine rings is 1. The molecular formula is C22H22N2O4. The molecule has 0 fully saturated rings. The van der Waals surface area contributed by atoms with E-state index in [-0.39, 0.29) is 17.4 Å². The second-order valence-corrected chi connectivity index (χ2v) is 6.65. The lowest BCUT2D eigenvalue weighted by Gasteiger charge is -2.19. The molecule has 1 aromatic carbocycles. The van der Waals surface area contributed by atoms with Crippen molar-refractivity contribution < 1.29 is 14.3 Å². The Morgan fingerprint density at radius 2 is 1.79 bits per heavy atom. The Morgan fingerprint density at radius 3 is 2.46 bits per heavy atom. The summed E-state index contributed by atoms with van der Waals surface area (Å²) >= 11 is 0. The van der Waals surface area contributed by atoms with Gasteiger partial charge in [-0.25, -0.2) is 4.79 Å². The molecule has 0 saturated heterocycles. The number of ether oxygens (including phenoxy) is 1.